The molecule has 3 aromatic rings. The van der Waals surface area contributed by atoms with Crippen LogP contribution in [0, 0.1) is 0 Å². The van der Waals surface area contributed by atoms with Gasteiger partial charge in [-0.1, -0.05) is 24.8 Å². The molecule has 5 heteroatoms. The highest BCUT2D eigenvalue weighted by atomic mass is 16.5. The van der Waals surface area contributed by atoms with E-state index in [2.05, 4.69) is 21.5 Å². The molecule has 0 radical (unpaired) electrons. The van der Waals surface area contributed by atoms with Gasteiger partial charge in [-0.25, -0.2) is 9.97 Å². The van der Waals surface area contributed by atoms with E-state index in [-0.39, 0.29) is 0 Å². The fourth-order valence-electron chi connectivity index (χ4n) is 2.30. The Hall–Kier alpha value is -3.08. The van der Waals surface area contributed by atoms with Gasteiger partial charge in [-0.05, 0) is 23.8 Å². The Bertz CT molecular complexity index is 847. The van der Waals surface area contributed by atoms with Crippen LogP contribution in [0.15, 0.2) is 55.4 Å². The third-order valence-electron chi connectivity index (χ3n) is 3.47. The van der Waals surface area contributed by atoms with Crippen molar-refractivity contribution < 1.29 is 4.74 Å². The van der Waals surface area contributed by atoms with Crippen molar-refractivity contribution >= 4 is 16.7 Å². The maximum Gasteiger partial charge on any atom is 0.178 e. The van der Waals surface area contributed by atoms with E-state index in [1.54, 1.807) is 19.4 Å². The third kappa shape index (κ3) is 2.33. The molecule has 2 heterocycles. The van der Waals surface area contributed by atoms with Crippen LogP contribution in [-0.2, 0) is 0 Å². The number of hydrogen-bond donors (Lipinski definition) is 2. The number of nitrogens with zero attached hydrogens (tertiary/aromatic N) is 2. The lowest BCUT2D eigenvalue weighted by Crippen LogP contribution is -1.88. The van der Waals surface area contributed by atoms with Gasteiger partial charge in [0.25, 0.3) is 0 Å². The number of rotatable bonds is 4. The van der Waals surface area contributed by atoms with Gasteiger partial charge >= 0.3 is 0 Å². The Balaban J connectivity index is 2.15. The van der Waals surface area contributed by atoms with Crippen LogP contribution in [0.3, 0.4) is 0 Å². The molecule has 0 atom stereocenters. The Morgan fingerprint density at radius 1 is 1.27 bits per heavy atom. The van der Waals surface area contributed by atoms with Gasteiger partial charge in [0, 0.05) is 23.5 Å². The summed E-state index contributed by atoms with van der Waals surface area (Å²) in [6, 6.07) is 9.80. The van der Waals surface area contributed by atoms with Crippen molar-refractivity contribution in [1.29, 1.82) is 0 Å². The molecule has 3 N–H and O–H groups in total. The quantitative estimate of drug-likeness (QED) is 0.724. The van der Waals surface area contributed by atoms with Crippen LogP contribution in [0.25, 0.3) is 27.9 Å². The van der Waals surface area contributed by atoms with Crippen LogP contribution in [-0.4, -0.2) is 22.1 Å². The number of allylic oxidation sites excluding steroid dienone is 2. The standard InChI is InChI=1S/C17H16N4O/c1-3-11(10-18)16-20-15-14(8-9-19-17(15)21-16)12-4-6-13(22-2)7-5-12/h3-10H,1,18H2,2H3,(H,19,20,21)/b11-10+. The smallest absolute Gasteiger partial charge is 0.178 e. The number of benzene rings is 1. The monoisotopic (exact) mass is 292 g/mol. The Labute approximate surface area is 128 Å². The van der Waals surface area contributed by atoms with Crippen LogP contribution >= 0.6 is 0 Å². The zero-order valence-corrected chi connectivity index (χ0v) is 12.2. The number of nitrogens with one attached hydrogen (secondary N) is 1. The minimum atomic E-state index is 0.643. The fourth-order valence-corrected chi connectivity index (χ4v) is 2.30. The van der Waals surface area contributed by atoms with Crippen molar-refractivity contribution in [2.24, 2.45) is 5.73 Å². The highest BCUT2D eigenvalue weighted by Crippen LogP contribution is 2.28. The van der Waals surface area contributed by atoms with E-state index in [4.69, 9.17) is 10.5 Å². The molecule has 0 fully saturated rings. The molecule has 0 aliphatic rings. The van der Waals surface area contributed by atoms with Crippen molar-refractivity contribution in [2.75, 3.05) is 7.11 Å². The fraction of sp³-hybridized carbons (Fsp3) is 0.0588. The summed E-state index contributed by atoms with van der Waals surface area (Å²) in [5, 5.41) is 0. The molecule has 5 nitrogen and oxygen atoms in total. The first kappa shape index (κ1) is 13.9. The summed E-state index contributed by atoms with van der Waals surface area (Å²) in [6.07, 6.45) is 4.87. The van der Waals surface area contributed by atoms with Crippen LogP contribution < -0.4 is 10.5 Å². The lowest BCUT2D eigenvalue weighted by atomic mass is 10.1. The van der Waals surface area contributed by atoms with Gasteiger partial charge in [-0.2, -0.15) is 0 Å². The molecule has 0 unspecified atom stereocenters. The van der Waals surface area contributed by atoms with Crippen molar-refractivity contribution in [3.63, 3.8) is 0 Å². The van der Waals surface area contributed by atoms with Gasteiger partial charge in [0.1, 0.15) is 11.6 Å². The van der Waals surface area contributed by atoms with E-state index >= 15 is 0 Å². The van der Waals surface area contributed by atoms with Gasteiger partial charge in [0.2, 0.25) is 0 Å². The summed E-state index contributed by atoms with van der Waals surface area (Å²) in [7, 11) is 1.65. The van der Waals surface area contributed by atoms with Crippen molar-refractivity contribution in [2.45, 2.75) is 0 Å². The Morgan fingerprint density at radius 2 is 2.05 bits per heavy atom. The number of H-pyrrole nitrogens is 1. The predicted octanol–water partition coefficient (Wildman–Crippen LogP) is 3.12. The van der Waals surface area contributed by atoms with Crippen LogP contribution in [0.1, 0.15) is 5.82 Å². The minimum absolute atomic E-state index is 0.643. The maximum atomic E-state index is 5.59. The summed E-state index contributed by atoms with van der Waals surface area (Å²) in [5.41, 5.74) is 9.91. The number of methoxy groups -OCH3 is 1. The van der Waals surface area contributed by atoms with Gasteiger partial charge in [0.05, 0.1) is 12.6 Å². The highest BCUT2D eigenvalue weighted by molar-refractivity contribution is 5.91. The molecule has 0 aliphatic heterocycles. The molecule has 22 heavy (non-hydrogen) atoms. The number of aromatic nitrogens is 3. The second kappa shape index (κ2) is 5.73. The number of aromatic amines is 1. The lowest BCUT2D eigenvalue weighted by molar-refractivity contribution is 0.415. The van der Waals surface area contributed by atoms with Gasteiger partial charge < -0.3 is 15.5 Å². The first-order valence-electron chi connectivity index (χ1n) is 6.80. The minimum Gasteiger partial charge on any atom is -0.497 e. The third-order valence-corrected chi connectivity index (χ3v) is 3.47. The predicted molar refractivity (Wildman–Crippen MR) is 88.2 cm³/mol. The van der Waals surface area contributed by atoms with Crippen LogP contribution in [0.2, 0.25) is 0 Å². The van der Waals surface area contributed by atoms with Crippen molar-refractivity contribution in [3.8, 4) is 16.9 Å². The first-order chi connectivity index (χ1) is 10.8. The molecular formula is C17H16N4O. The summed E-state index contributed by atoms with van der Waals surface area (Å²) in [6.45, 7) is 3.74. The molecule has 0 spiro atoms. The van der Waals surface area contributed by atoms with Gasteiger partial charge in [0.15, 0.2) is 5.65 Å². The maximum absolute atomic E-state index is 5.59. The van der Waals surface area contributed by atoms with Gasteiger partial charge in [-0.15, -0.1) is 0 Å². The molecular weight excluding hydrogens is 276 g/mol. The molecule has 0 amide bonds. The zero-order chi connectivity index (χ0) is 15.5. The second-order valence-electron chi connectivity index (χ2n) is 4.70. The second-order valence-corrected chi connectivity index (χ2v) is 4.70. The molecule has 0 aliphatic carbocycles. The summed E-state index contributed by atoms with van der Waals surface area (Å²) >= 11 is 0. The van der Waals surface area contributed by atoms with Crippen LogP contribution in [0.4, 0.5) is 0 Å². The summed E-state index contributed by atoms with van der Waals surface area (Å²) in [5.74, 6) is 1.47. The normalized spacial score (nSPS) is 11.6. The summed E-state index contributed by atoms with van der Waals surface area (Å²) in [4.78, 5) is 12.0. The highest BCUT2D eigenvalue weighted by Gasteiger charge is 2.11. The van der Waals surface area contributed by atoms with Crippen molar-refractivity contribution in [1.82, 2.24) is 15.0 Å². The van der Waals surface area contributed by atoms with Crippen molar-refractivity contribution in [3.05, 3.63) is 61.2 Å². The number of ether oxygens (including phenoxy) is 1. The van der Waals surface area contributed by atoms with E-state index in [0.29, 0.717) is 11.5 Å². The SMILES string of the molecule is C=C/C(=C\N)c1nc2nccc(-c3ccc(OC)cc3)c2[nH]1. The Kier molecular flexibility index (Phi) is 3.62. The van der Waals surface area contributed by atoms with E-state index < -0.39 is 0 Å². The number of pyridine rings is 1. The lowest BCUT2D eigenvalue weighted by Gasteiger charge is -2.04. The summed E-state index contributed by atoms with van der Waals surface area (Å²) < 4.78 is 5.19. The average molecular weight is 292 g/mol. The average Bonchev–Trinajstić information content (AvgIpc) is 3.00. The van der Waals surface area contributed by atoms with Gasteiger partial charge in [-0.3, -0.25) is 0 Å². The topological polar surface area (TPSA) is 76.8 Å². The first-order valence-corrected chi connectivity index (χ1v) is 6.80. The van der Waals surface area contributed by atoms with E-state index in [0.717, 1.165) is 28.0 Å². The number of fused-ring (bicyclic) bond motifs is 1. The Morgan fingerprint density at radius 3 is 2.68 bits per heavy atom. The molecule has 0 bridgehead atoms. The molecule has 110 valence electrons. The molecule has 3 rings (SSSR count). The molecule has 0 saturated carbocycles. The molecule has 2 aromatic heterocycles. The van der Waals surface area contributed by atoms with Crippen LogP contribution in [0.5, 0.6) is 5.75 Å². The number of nitrogens with two attached hydrogens (primary N) is 1. The number of imidazole rings is 1. The zero-order valence-electron chi connectivity index (χ0n) is 12.2. The van der Waals surface area contributed by atoms with E-state index in [9.17, 15) is 0 Å². The van der Waals surface area contributed by atoms with E-state index in [1.165, 1.54) is 6.20 Å². The molecule has 1 aromatic carbocycles. The molecule has 0 saturated heterocycles. The largest absolute Gasteiger partial charge is 0.497 e. The van der Waals surface area contributed by atoms with E-state index in [1.807, 2.05) is 30.3 Å². The number of hydrogen-bond acceptors (Lipinski definition) is 4.